The molecule has 0 spiro atoms. The standard InChI is InChI=1S/C59H104N8O20/c1-48(2)43-53(64-55(69)45-62-73)54(68)44-50(7-6-15-61-58(60)72)57(71)63-51-10-8-49(9-11-51)47-87-56(70)13-12-52-46-67(66-65-52)16-18-75-20-22-77-24-26-79-28-30-81-32-34-83-36-38-85-40-42-86-41-39-84-37-35-82-33-31-80-29-27-78-25-23-76-21-19-74-17-14-59(3,4)5/h8-11,46,48,50,53,62,73H,6-7,12-45,47H2,1-5H3,(H,63,71)(H,64,69)(H3,60,61,72)/t50-,53+/m1/s1. The number of nitrogens with one attached hydrogen (secondary N) is 4. The molecule has 0 aliphatic rings. The van der Waals surface area contributed by atoms with Crippen molar-refractivity contribution in [1.29, 1.82) is 0 Å². The van der Waals surface area contributed by atoms with Gasteiger partial charge in [0.1, 0.15) is 6.61 Å². The van der Waals surface area contributed by atoms with Gasteiger partial charge in [0.2, 0.25) is 11.8 Å². The number of Topliss-reactive ketones (excluding diaryl/α,β-unsaturated/α-hetero) is 1. The number of urea groups is 1. The highest BCUT2D eigenvalue weighted by atomic mass is 16.6. The number of esters is 1. The Balaban J connectivity index is 1.37. The summed E-state index contributed by atoms with van der Waals surface area (Å²) in [4.78, 5) is 62.8. The van der Waals surface area contributed by atoms with E-state index >= 15 is 0 Å². The number of aryl methyl sites for hydroxylation is 1. The number of aromatic nitrogens is 3. The van der Waals surface area contributed by atoms with E-state index in [4.69, 9.17) is 77.3 Å². The number of primary amides is 1. The van der Waals surface area contributed by atoms with E-state index in [0.29, 0.717) is 208 Å². The van der Waals surface area contributed by atoms with Crippen LogP contribution in [0.3, 0.4) is 0 Å². The molecule has 4 amide bonds. The molecular formula is C59H104N8O20. The van der Waals surface area contributed by atoms with Gasteiger partial charge in [-0.2, -0.15) is 5.48 Å². The molecule has 87 heavy (non-hydrogen) atoms. The summed E-state index contributed by atoms with van der Waals surface area (Å²) in [5.41, 5.74) is 9.02. The van der Waals surface area contributed by atoms with Crippen LogP contribution in [0.2, 0.25) is 0 Å². The maximum atomic E-state index is 13.5. The molecule has 0 unspecified atom stereocenters. The van der Waals surface area contributed by atoms with E-state index < -0.39 is 42.3 Å². The predicted octanol–water partition coefficient (Wildman–Crippen LogP) is 3.08. The fraction of sp³-hybridized carbons (Fsp3) is 0.780. The number of carbonyl (C=O) groups excluding carboxylic acids is 5. The monoisotopic (exact) mass is 1240 g/mol. The molecule has 0 bridgehead atoms. The molecule has 2 rings (SSSR count). The third-order valence-corrected chi connectivity index (χ3v) is 12.2. The van der Waals surface area contributed by atoms with Crippen molar-refractivity contribution < 1.29 is 95.5 Å². The summed E-state index contributed by atoms with van der Waals surface area (Å²) in [6.45, 7) is 23.4. The number of rotatable bonds is 60. The van der Waals surface area contributed by atoms with E-state index in [0.717, 1.165) is 13.0 Å². The summed E-state index contributed by atoms with van der Waals surface area (Å²) >= 11 is 0. The minimum absolute atomic E-state index is 0.0116. The maximum absolute atomic E-state index is 13.5. The Hall–Kier alpha value is -4.89. The summed E-state index contributed by atoms with van der Waals surface area (Å²) < 4.78 is 79.1. The van der Waals surface area contributed by atoms with Crippen LogP contribution in [0.5, 0.6) is 0 Å². The number of nitrogens with two attached hydrogens (primary N) is 1. The number of hydrogen-bond acceptors (Lipinski definition) is 23. The van der Waals surface area contributed by atoms with Crippen molar-refractivity contribution in [3.63, 3.8) is 0 Å². The van der Waals surface area contributed by atoms with Crippen molar-refractivity contribution in [3.8, 4) is 0 Å². The van der Waals surface area contributed by atoms with Crippen LogP contribution in [0.25, 0.3) is 0 Å². The van der Waals surface area contributed by atoms with Gasteiger partial charge >= 0.3 is 12.0 Å². The fourth-order valence-corrected chi connectivity index (χ4v) is 7.57. The van der Waals surface area contributed by atoms with E-state index in [2.05, 4.69) is 47.0 Å². The Kier molecular flexibility index (Phi) is 47.6. The molecule has 1 aromatic carbocycles. The fourth-order valence-electron chi connectivity index (χ4n) is 7.57. The summed E-state index contributed by atoms with van der Waals surface area (Å²) in [6, 6.07) is 5.17. The van der Waals surface area contributed by atoms with E-state index in [1.165, 1.54) is 0 Å². The predicted molar refractivity (Wildman–Crippen MR) is 319 cm³/mol. The highest BCUT2D eigenvalue weighted by Gasteiger charge is 2.28. The van der Waals surface area contributed by atoms with Crippen LogP contribution < -0.4 is 27.2 Å². The quantitative estimate of drug-likeness (QED) is 0.0315. The van der Waals surface area contributed by atoms with Gasteiger partial charge in [-0.15, -0.1) is 5.10 Å². The number of carbonyl (C=O) groups is 5. The first-order valence-electron chi connectivity index (χ1n) is 30.3. The third-order valence-electron chi connectivity index (χ3n) is 12.2. The van der Waals surface area contributed by atoms with Gasteiger partial charge in [-0.3, -0.25) is 19.2 Å². The van der Waals surface area contributed by atoms with E-state index in [1.54, 1.807) is 40.6 Å². The van der Waals surface area contributed by atoms with Crippen LogP contribution in [-0.4, -0.2) is 241 Å². The minimum atomic E-state index is -0.859. The van der Waals surface area contributed by atoms with Gasteiger partial charge in [-0.05, 0) is 54.7 Å². The second-order valence-corrected chi connectivity index (χ2v) is 21.5. The van der Waals surface area contributed by atoms with Gasteiger partial charge in [-0.1, -0.05) is 52.0 Å². The zero-order valence-corrected chi connectivity index (χ0v) is 52.4. The smallest absolute Gasteiger partial charge is 0.312 e. The zero-order valence-electron chi connectivity index (χ0n) is 52.4. The van der Waals surface area contributed by atoms with Gasteiger partial charge in [0.05, 0.1) is 196 Å². The van der Waals surface area contributed by atoms with Crippen molar-refractivity contribution in [3.05, 3.63) is 41.7 Å². The van der Waals surface area contributed by atoms with Gasteiger partial charge in [0.15, 0.2) is 5.78 Å². The van der Waals surface area contributed by atoms with E-state index in [-0.39, 0.29) is 49.5 Å². The van der Waals surface area contributed by atoms with E-state index in [9.17, 15) is 24.0 Å². The number of hydroxylamine groups is 1. The highest BCUT2D eigenvalue weighted by Crippen LogP contribution is 2.20. The maximum Gasteiger partial charge on any atom is 0.312 e. The lowest BCUT2D eigenvalue weighted by Gasteiger charge is -2.23. The molecule has 28 nitrogen and oxygen atoms in total. The third kappa shape index (κ3) is 47.7. The number of hydrogen-bond donors (Lipinski definition) is 6. The zero-order chi connectivity index (χ0) is 63.3. The summed E-state index contributed by atoms with van der Waals surface area (Å²) in [6.07, 6.45) is 4.02. The Morgan fingerprint density at radius 1 is 0.621 bits per heavy atom. The molecule has 2 atom stereocenters. The number of amides is 4. The molecule has 0 fully saturated rings. The van der Waals surface area contributed by atoms with Crippen LogP contribution in [0.15, 0.2) is 30.5 Å². The van der Waals surface area contributed by atoms with Crippen molar-refractivity contribution in [2.75, 3.05) is 190 Å². The first-order chi connectivity index (χ1) is 42.1. The molecule has 1 aromatic heterocycles. The first-order valence-corrected chi connectivity index (χ1v) is 30.3. The van der Waals surface area contributed by atoms with Gasteiger partial charge < -0.3 is 93.2 Å². The molecular weight excluding hydrogens is 1140 g/mol. The average molecular weight is 1250 g/mol. The van der Waals surface area contributed by atoms with Crippen LogP contribution >= 0.6 is 0 Å². The largest absolute Gasteiger partial charge is 0.461 e. The van der Waals surface area contributed by atoms with E-state index in [1.807, 2.05) is 13.8 Å². The Morgan fingerprint density at radius 3 is 1.47 bits per heavy atom. The first kappa shape index (κ1) is 78.2. The van der Waals surface area contributed by atoms with Gasteiger partial charge in [0.25, 0.3) is 0 Å². The second-order valence-electron chi connectivity index (χ2n) is 21.5. The minimum Gasteiger partial charge on any atom is -0.461 e. The SMILES string of the molecule is CC(C)C[C@H](NC(=O)CNO)C(=O)C[C@@H](CCCNC(N)=O)C(=O)Nc1ccc(COC(=O)CCc2cn(CCOCCOCCOCCOCCOCCOCCOCCOCCOCCOCCOCCOCCOCCC(C)(C)C)nn2)cc1. The summed E-state index contributed by atoms with van der Waals surface area (Å²) in [5, 5.41) is 25.1. The summed E-state index contributed by atoms with van der Waals surface area (Å²) in [7, 11) is 0. The van der Waals surface area contributed by atoms with Gasteiger partial charge in [0, 0.05) is 43.8 Å². The molecule has 0 saturated heterocycles. The molecule has 7 N–H and O–H groups in total. The van der Waals surface area contributed by atoms with Crippen LogP contribution in [0.4, 0.5) is 10.5 Å². The molecule has 0 aliphatic heterocycles. The lowest BCUT2D eigenvalue weighted by molar-refractivity contribution is -0.145. The molecule has 1 heterocycles. The molecule has 0 radical (unpaired) electrons. The molecule has 0 aliphatic carbocycles. The van der Waals surface area contributed by atoms with Crippen LogP contribution in [-0.2, 0) is 105 Å². The Morgan fingerprint density at radius 2 is 1.06 bits per heavy atom. The summed E-state index contributed by atoms with van der Waals surface area (Å²) in [5.74, 6) is -2.47. The molecule has 500 valence electrons. The van der Waals surface area contributed by atoms with Crippen molar-refractivity contribution >= 4 is 35.3 Å². The molecule has 2 aromatic rings. The van der Waals surface area contributed by atoms with Crippen molar-refractivity contribution in [2.45, 2.75) is 98.8 Å². The molecule has 0 saturated carbocycles. The number of anilines is 1. The second kappa shape index (κ2) is 53.0. The lowest BCUT2D eigenvalue weighted by atomic mass is 9.90. The van der Waals surface area contributed by atoms with Crippen LogP contribution in [0, 0.1) is 17.3 Å². The number of ketones is 1. The normalized spacial score (nSPS) is 12.4. The lowest BCUT2D eigenvalue weighted by Crippen LogP contribution is -2.45. The highest BCUT2D eigenvalue weighted by molar-refractivity contribution is 5.97. The Bertz CT molecular complexity index is 2040. The number of benzene rings is 1. The Labute approximate surface area is 514 Å². The van der Waals surface area contributed by atoms with Crippen LogP contribution in [0.1, 0.15) is 84.4 Å². The number of nitrogens with zero attached hydrogens (tertiary/aromatic N) is 3. The molecule has 28 heteroatoms. The van der Waals surface area contributed by atoms with Crippen molar-refractivity contribution in [2.24, 2.45) is 23.0 Å². The van der Waals surface area contributed by atoms with Crippen molar-refractivity contribution in [1.82, 2.24) is 31.1 Å². The van der Waals surface area contributed by atoms with Gasteiger partial charge in [-0.25, -0.2) is 9.48 Å². The number of ether oxygens (including phenoxy) is 14. The average Bonchev–Trinajstić information content (AvgIpc) is 3.48. The topological polar surface area (TPSA) is 340 Å².